The summed E-state index contributed by atoms with van der Waals surface area (Å²) in [7, 11) is 0. The number of hydrogen-bond acceptors (Lipinski definition) is 2. The molecule has 18 heavy (non-hydrogen) atoms. The molecule has 0 bridgehead atoms. The van der Waals surface area contributed by atoms with Gasteiger partial charge in [-0.3, -0.25) is 4.79 Å². The van der Waals surface area contributed by atoms with Crippen molar-refractivity contribution in [1.29, 1.82) is 0 Å². The molecular weight excluding hydrogens is 222 g/mol. The summed E-state index contributed by atoms with van der Waals surface area (Å²) in [5.74, 6) is 3.70. The third-order valence-electron chi connectivity index (χ3n) is 3.33. The van der Waals surface area contributed by atoms with Gasteiger partial charge in [0.15, 0.2) is 5.78 Å². The van der Waals surface area contributed by atoms with Gasteiger partial charge in [-0.2, -0.15) is 0 Å². The summed E-state index contributed by atoms with van der Waals surface area (Å²) in [6.07, 6.45) is 8.59. The molecule has 1 aromatic rings. The number of rotatable bonds is 6. The van der Waals surface area contributed by atoms with E-state index >= 15 is 0 Å². The first kappa shape index (κ1) is 12.7. The molecule has 0 aliphatic heterocycles. The topological polar surface area (TPSA) is 20.3 Å². The predicted octanol–water partition coefficient (Wildman–Crippen LogP) is 3.13. The highest BCUT2D eigenvalue weighted by atomic mass is 16.1. The Hall–Kier alpha value is -1.75. The normalized spacial score (nSPS) is 14.0. The van der Waals surface area contributed by atoms with Gasteiger partial charge < -0.3 is 4.90 Å². The van der Waals surface area contributed by atoms with Crippen molar-refractivity contribution in [3.8, 4) is 12.3 Å². The first-order valence-electron chi connectivity index (χ1n) is 6.56. The zero-order chi connectivity index (χ0) is 13.0. The molecule has 1 aliphatic rings. The van der Waals surface area contributed by atoms with Crippen LogP contribution in [0.25, 0.3) is 0 Å². The molecule has 0 atom stereocenters. The predicted molar refractivity (Wildman–Crippen MR) is 74.8 cm³/mol. The van der Waals surface area contributed by atoms with Gasteiger partial charge in [-0.1, -0.05) is 12.8 Å². The van der Waals surface area contributed by atoms with Gasteiger partial charge >= 0.3 is 0 Å². The number of carbonyl (C=O) groups excluding carboxylic acids is 1. The van der Waals surface area contributed by atoms with Crippen molar-refractivity contribution in [3.63, 3.8) is 0 Å². The van der Waals surface area contributed by atoms with Crippen LogP contribution in [-0.2, 0) is 0 Å². The van der Waals surface area contributed by atoms with Gasteiger partial charge in [-0.25, -0.2) is 0 Å². The fraction of sp³-hybridized carbons (Fsp3) is 0.438. The SMILES string of the molecule is C#CCN(CC1CC1)c1ccc(C(=O)CC)cc1. The average molecular weight is 241 g/mol. The second-order valence-corrected chi connectivity index (χ2v) is 4.85. The monoisotopic (exact) mass is 241 g/mol. The van der Waals surface area contributed by atoms with E-state index in [-0.39, 0.29) is 5.78 Å². The van der Waals surface area contributed by atoms with Crippen LogP contribution in [0.1, 0.15) is 36.5 Å². The summed E-state index contributed by atoms with van der Waals surface area (Å²) < 4.78 is 0. The summed E-state index contributed by atoms with van der Waals surface area (Å²) >= 11 is 0. The number of hydrogen-bond donors (Lipinski definition) is 0. The maximum absolute atomic E-state index is 11.6. The van der Waals surface area contributed by atoms with Crippen molar-refractivity contribution in [2.24, 2.45) is 5.92 Å². The lowest BCUT2D eigenvalue weighted by atomic mass is 10.1. The molecule has 0 radical (unpaired) electrons. The lowest BCUT2D eigenvalue weighted by Crippen LogP contribution is -2.25. The number of nitrogens with zero attached hydrogens (tertiary/aromatic N) is 1. The van der Waals surface area contributed by atoms with Gasteiger partial charge in [-0.05, 0) is 43.0 Å². The van der Waals surface area contributed by atoms with E-state index in [1.165, 1.54) is 12.8 Å². The second-order valence-electron chi connectivity index (χ2n) is 4.85. The highest BCUT2D eigenvalue weighted by molar-refractivity contribution is 5.96. The number of carbonyl (C=O) groups is 1. The van der Waals surface area contributed by atoms with Crippen molar-refractivity contribution in [3.05, 3.63) is 29.8 Å². The van der Waals surface area contributed by atoms with Crippen LogP contribution in [0.15, 0.2) is 24.3 Å². The lowest BCUT2D eigenvalue weighted by molar-refractivity contribution is 0.0988. The number of ketones is 1. The highest BCUT2D eigenvalue weighted by Crippen LogP contribution is 2.31. The van der Waals surface area contributed by atoms with E-state index in [4.69, 9.17) is 6.42 Å². The second kappa shape index (κ2) is 5.73. The molecule has 0 heterocycles. The maximum atomic E-state index is 11.6. The molecule has 0 aromatic heterocycles. The average Bonchev–Trinajstić information content (AvgIpc) is 3.21. The molecule has 2 rings (SSSR count). The van der Waals surface area contributed by atoms with Gasteiger partial charge in [0, 0.05) is 24.2 Å². The molecular formula is C16H19NO. The van der Waals surface area contributed by atoms with Crippen LogP contribution in [-0.4, -0.2) is 18.9 Å². The van der Waals surface area contributed by atoms with Crippen LogP contribution in [0.3, 0.4) is 0 Å². The lowest BCUT2D eigenvalue weighted by Gasteiger charge is -2.22. The molecule has 0 N–H and O–H groups in total. The Morgan fingerprint density at radius 2 is 2.06 bits per heavy atom. The minimum atomic E-state index is 0.187. The van der Waals surface area contributed by atoms with E-state index in [0.29, 0.717) is 13.0 Å². The third kappa shape index (κ3) is 3.13. The maximum Gasteiger partial charge on any atom is 0.162 e. The Morgan fingerprint density at radius 1 is 1.39 bits per heavy atom. The highest BCUT2D eigenvalue weighted by Gasteiger charge is 2.24. The molecule has 0 spiro atoms. The first-order valence-corrected chi connectivity index (χ1v) is 6.56. The first-order chi connectivity index (χ1) is 8.74. The molecule has 94 valence electrons. The number of benzene rings is 1. The quantitative estimate of drug-likeness (QED) is 0.563. The van der Waals surface area contributed by atoms with E-state index in [1.54, 1.807) is 0 Å². The van der Waals surface area contributed by atoms with Crippen LogP contribution in [0, 0.1) is 18.3 Å². The fourth-order valence-electron chi connectivity index (χ4n) is 2.05. The van der Waals surface area contributed by atoms with Crippen molar-refractivity contribution in [2.45, 2.75) is 26.2 Å². The standard InChI is InChI=1S/C16H19NO/c1-3-11-17(12-13-5-6-13)15-9-7-14(8-10-15)16(18)4-2/h1,7-10,13H,4-6,11-12H2,2H3. The van der Waals surface area contributed by atoms with Gasteiger partial charge in [0.25, 0.3) is 0 Å². The fourth-order valence-corrected chi connectivity index (χ4v) is 2.05. The van der Waals surface area contributed by atoms with Crippen molar-refractivity contribution >= 4 is 11.5 Å². The Bertz CT molecular complexity index is 451. The minimum Gasteiger partial charge on any atom is -0.360 e. The Morgan fingerprint density at radius 3 is 2.56 bits per heavy atom. The molecule has 2 nitrogen and oxygen atoms in total. The third-order valence-corrected chi connectivity index (χ3v) is 3.33. The van der Waals surface area contributed by atoms with Crippen LogP contribution in [0.5, 0.6) is 0 Å². The van der Waals surface area contributed by atoms with Gasteiger partial charge in [0.05, 0.1) is 6.54 Å². The molecule has 0 amide bonds. The van der Waals surface area contributed by atoms with E-state index in [1.807, 2.05) is 31.2 Å². The van der Waals surface area contributed by atoms with Gasteiger partial charge in [0.1, 0.15) is 0 Å². The van der Waals surface area contributed by atoms with E-state index in [0.717, 1.165) is 23.7 Å². The minimum absolute atomic E-state index is 0.187. The van der Waals surface area contributed by atoms with Crippen LogP contribution in [0.4, 0.5) is 5.69 Å². The van der Waals surface area contributed by atoms with Crippen molar-refractivity contribution in [2.75, 3.05) is 18.0 Å². The zero-order valence-electron chi connectivity index (χ0n) is 10.9. The smallest absolute Gasteiger partial charge is 0.162 e. The number of terminal acetylenes is 1. The van der Waals surface area contributed by atoms with E-state index < -0.39 is 0 Å². The summed E-state index contributed by atoms with van der Waals surface area (Å²) in [6, 6.07) is 7.81. The molecule has 1 saturated carbocycles. The van der Waals surface area contributed by atoms with Crippen molar-refractivity contribution < 1.29 is 4.79 Å². The van der Waals surface area contributed by atoms with Gasteiger partial charge in [0.2, 0.25) is 0 Å². The number of anilines is 1. The molecule has 0 saturated heterocycles. The summed E-state index contributed by atoms with van der Waals surface area (Å²) in [5, 5.41) is 0. The summed E-state index contributed by atoms with van der Waals surface area (Å²) in [6.45, 7) is 3.55. The zero-order valence-corrected chi connectivity index (χ0v) is 10.9. The molecule has 0 unspecified atom stereocenters. The van der Waals surface area contributed by atoms with Gasteiger partial charge in [-0.15, -0.1) is 6.42 Å². The summed E-state index contributed by atoms with van der Waals surface area (Å²) in [5.41, 5.74) is 1.90. The molecule has 2 heteroatoms. The van der Waals surface area contributed by atoms with Crippen LogP contribution < -0.4 is 4.90 Å². The molecule has 1 aromatic carbocycles. The Labute approximate surface area is 109 Å². The summed E-state index contributed by atoms with van der Waals surface area (Å²) in [4.78, 5) is 13.8. The Balaban J connectivity index is 2.09. The van der Waals surface area contributed by atoms with E-state index in [9.17, 15) is 4.79 Å². The van der Waals surface area contributed by atoms with Crippen LogP contribution >= 0.6 is 0 Å². The number of Topliss-reactive ketones (excluding diaryl/α,β-unsaturated/α-hetero) is 1. The largest absolute Gasteiger partial charge is 0.360 e. The molecule has 1 fully saturated rings. The van der Waals surface area contributed by atoms with E-state index in [2.05, 4.69) is 10.8 Å². The molecule has 1 aliphatic carbocycles. The Kier molecular flexibility index (Phi) is 4.04. The van der Waals surface area contributed by atoms with Crippen LogP contribution in [0.2, 0.25) is 0 Å². The van der Waals surface area contributed by atoms with Crippen molar-refractivity contribution in [1.82, 2.24) is 0 Å².